The fourth-order valence-electron chi connectivity index (χ4n) is 3.65. The van der Waals surface area contributed by atoms with Crippen LogP contribution >= 0.6 is 0 Å². The van der Waals surface area contributed by atoms with Crippen molar-refractivity contribution in [3.63, 3.8) is 0 Å². The van der Waals surface area contributed by atoms with Gasteiger partial charge in [0.25, 0.3) is 0 Å². The third kappa shape index (κ3) is 3.67. The highest BCUT2D eigenvalue weighted by molar-refractivity contribution is 5.71. The van der Waals surface area contributed by atoms with Crippen molar-refractivity contribution in [2.24, 2.45) is 0 Å². The predicted molar refractivity (Wildman–Crippen MR) is 116 cm³/mol. The van der Waals surface area contributed by atoms with Gasteiger partial charge in [-0.05, 0) is 35.7 Å². The Hall–Kier alpha value is -3.73. The van der Waals surface area contributed by atoms with Gasteiger partial charge in [0.15, 0.2) is 5.82 Å². The first-order chi connectivity index (χ1) is 14.4. The zero-order chi connectivity index (χ0) is 19.5. The Morgan fingerprint density at radius 2 is 1.66 bits per heavy atom. The smallest absolute Gasteiger partial charge is 0.163 e. The van der Waals surface area contributed by atoms with Crippen LogP contribution < -0.4 is 10.2 Å². The first-order valence-corrected chi connectivity index (χ1v) is 9.79. The van der Waals surface area contributed by atoms with Gasteiger partial charge in [-0.25, -0.2) is 9.97 Å². The van der Waals surface area contributed by atoms with Gasteiger partial charge in [0.05, 0.1) is 0 Å². The molecule has 4 aromatic rings. The fraction of sp³-hybridized carbons (Fsp3) is 0.125. The Labute approximate surface area is 170 Å². The molecule has 0 radical (unpaired) electrons. The molecule has 5 nitrogen and oxygen atoms in total. The van der Waals surface area contributed by atoms with Gasteiger partial charge in [0.1, 0.15) is 11.6 Å². The topological polar surface area (TPSA) is 53.9 Å². The minimum Gasteiger partial charge on any atom is -0.366 e. The first-order valence-electron chi connectivity index (χ1n) is 9.79. The molecule has 142 valence electrons. The van der Waals surface area contributed by atoms with E-state index in [-0.39, 0.29) is 0 Å². The number of nitrogens with one attached hydrogen (secondary N) is 1. The van der Waals surface area contributed by atoms with Crippen LogP contribution in [0.2, 0.25) is 0 Å². The lowest BCUT2D eigenvalue weighted by Gasteiger charge is -2.20. The monoisotopic (exact) mass is 379 g/mol. The van der Waals surface area contributed by atoms with Crippen LogP contribution in [0.4, 0.5) is 17.3 Å². The van der Waals surface area contributed by atoms with Gasteiger partial charge < -0.3 is 10.2 Å². The lowest BCUT2D eigenvalue weighted by molar-refractivity contribution is 0.964. The minimum atomic E-state index is 0.684. The largest absolute Gasteiger partial charge is 0.366 e. The molecule has 0 saturated carbocycles. The standard InChI is InChI=1S/C24H21N5/c1-2-7-20(8-3-1)24-27-22(26-17-18-10-13-25-14-11-18)16-23(28-24)29-15-12-19-6-4-5-9-21(19)29/h1-11,13-14,16H,12,15,17H2,(H,26,27,28). The van der Waals surface area contributed by atoms with Crippen LogP contribution in [0.1, 0.15) is 11.1 Å². The summed E-state index contributed by atoms with van der Waals surface area (Å²) >= 11 is 0. The van der Waals surface area contributed by atoms with Crippen LogP contribution in [0.5, 0.6) is 0 Å². The number of fused-ring (bicyclic) bond motifs is 1. The van der Waals surface area contributed by atoms with Crippen molar-refractivity contribution in [3.05, 3.63) is 96.3 Å². The van der Waals surface area contributed by atoms with Crippen molar-refractivity contribution in [3.8, 4) is 11.4 Å². The van der Waals surface area contributed by atoms with Crippen molar-refractivity contribution in [2.45, 2.75) is 13.0 Å². The molecular formula is C24H21N5. The number of hydrogen-bond donors (Lipinski definition) is 1. The van der Waals surface area contributed by atoms with Crippen LogP contribution in [0, 0.1) is 0 Å². The quantitative estimate of drug-likeness (QED) is 0.537. The second kappa shape index (κ2) is 7.72. The molecule has 2 aromatic heterocycles. The van der Waals surface area contributed by atoms with E-state index in [1.807, 2.05) is 48.5 Å². The minimum absolute atomic E-state index is 0.684. The second-order valence-corrected chi connectivity index (χ2v) is 7.04. The summed E-state index contributed by atoms with van der Waals surface area (Å²) in [4.78, 5) is 16.0. The van der Waals surface area contributed by atoms with Crippen LogP contribution in [0.3, 0.4) is 0 Å². The molecule has 0 spiro atoms. The Bertz CT molecular complexity index is 1110. The van der Waals surface area contributed by atoms with Crippen LogP contribution in [-0.4, -0.2) is 21.5 Å². The lowest BCUT2D eigenvalue weighted by atomic mass is 10.2. The zero-order valence-electron chi connectivity index (χ0n) is 16.0. The van der Waals surface area contributed by atoms with Crippen molar-refractivity contribution in [1.29, 1.82) is 0 Å². The summed E-state index contributed by atoms with van der Waals surface area (Å²) in [6, 6.07) is 24.7. The number of rotatable bonds is 5. The number of para-hydroxylation sites is 1. The maximum absolute atomic E-state index is 4.90. The Kier molecular flexibility index (Phi) is 4.62. The molecule has 2 aromatic carbocycles. The fourth-order valence-corrected chi connectivity index (χ4v) is 3.65. The summed E-state index contributed by atoms with van der Waals surface area (Å²) < 4.78 is 0. The molecule has 1 aliphatic heterocycles. The molecule has 1 N–H and O–H groups in total. The van der Waals surface area contributed by atoms with Crippen LogP contribution in [-0.2, 0) is 13.0 Å². The summed E-state index contributed by atoms with van der Waals surface area (Å²) in [6.07, 6.45) is 4.64. The van der Waals surface area contributed by atoms with Crippen molar-refractivity contribution in [2.75, 3.05) is 16.8 Å². The molecular weight excluding hydrogens is 358 g/mol. The van der Waals surface area contributed by atoms with Crippen molar-refractivity contribution in [1.82, 2.24) is 15.0 Å². The van der Waals surface area contributed by atoms with Crippen LogP contribution in [0.25, 0.3) is 11.4 Å². The lowest BCUT2D eigenvalue weighted by Crippen LogP contribution is -2.16. The third-order valence-electron chi connectivity index (χ3n) is 5.13. The number of pyridine rings is 1. The van der Waals surface area contributed by atoms with Gasteiger partial charge >= 0.3 is 0 Å². The second-order valence-electron chi connectivity index (χ2n) is 7.04. The first kappa shape index (κ1) is 17.4. The maximum atomic E-state index is 4.90. The zero-order valence-corrected chi connectivity index (χ0v) is 16.0. The molecule has 1 aliphatic rings. The van der Waals surface area contributed by atoms with E-state index in [1.54, 1.807) is 12.4 Å². The SMILES string of the molecule is c1ccc(-c2nc(NCc3ccncc3)cc(N3CCc4ccccc43)n2)cc1. The third-order valence-corrected chi connectivity index (χ3v) is 5.13. The molecule has 3 heterocycles. The molecule has 0 aliphatic carbocycles. The number of anilines is 3. The van der Waals surface area contributed by atoms with E-state index in [4.69, 9.17) is 9.97 Å². The molecule has 0 unspecified atom stereocenters. The highest BCUT2D eigenvalue weighted by atomic mass is 15.2. The van der Waals surface area contributed by atoms with Crippen LogP contribution in [0.15, 0.2) is 85.2 Å². The summed E-state index contributed by atoms with van der Waals surface area (Å²) in [5.74, 6) is 2.46. The van der Waals surface area contributed by atoms with Gasteiger partial charge in [-0.15, -0.1) is 0 Å². The molecule has 5 heteroatoms. The predicted octanol–water partition coefficient (Wildman–Crippen LogP) is 4.84. The van der Waals surface area contributed by atoms with Gasteiger partial charge in [-0.1, -0.05) is 48.5 Å². The van der Waals surface area contributed by atoms with E-state index in [9.17, 15) is 0 Å². The van der Waals surface area contributed by atoms with Gasteiger partial charge in [-0.2, -0.15) is 0 Å². The molecule has 0 saturated heterocycles. The highest BCUT2D eigenvalue weighted by Gasteiger charge is 2.22. The van der Waals surface area contributed by atoms with E-state index in [0.29, 0.717) is 6.54 Å². The maximum Gasteiger partial charge on any atom is 0.163 e. The molecule has 0 fully saturated rings. The Morgan fingerprint density at radius 1 is 0.862 bits per heavy atom. The number of benzene rings is 2. The van der Waals surface area contributed by atoms with Gasteiger partial charge in [0, 0.05) is 42.8 Å². The Balaban J connectivity index is 1.52. The van der Waals surface area contributed by atoms with E-state index in [1.165, 1.54) is 11.3 Å². The van der Waals surface area contributed by atoms with E-state index >= 15 is 0 Å². The summed E-state index contributed by atoms with van der Waals surface area (Å²) in [5.41, 5.74) is 4.76. The van der Waals surface area contributed by atoms with Gasteiger partial charge in [-0.3, -0.25) is 4.98 Å². The molecule has 29 heavy (non-hydrogen) atoms. The average Bonchev–Trinajstić information content (AvgIpc) is 3.23. The summed E-state index contributed by atoms with van der Waals surface area (Å²) in [7, 11) is 0. The summed E-state index contributed by atoms with van der Waals surface area (Å²) in [5, 5.41) is 3.45. The van der Waals surface area contributed by atoms with Gasteiger partial charge in [0.2, 0.25) is 0 Å². The van der Waals surface area contributed by atoms with Crippen molar-refractivity contribution >= 4 is 17.3 Å². The van der Waals surface area contributed by atoms with E-state index < -0.39 is 0 Å². The Morgan fingerprint density at radius 3 is 2.52 bits per heavy atom. The number of nitrogens with zero attached hydrogens (tertiary/aromatic N) is 4. The molecule has 0 atom stereocenters. The van der Waals surface area contributed by atoms with E-state index in [2.05, 4.69) is 39.5 Å². The highest BCUT2D eigenvalue weighted by Crippen LogP contribution is 2.35. The number of aromatic nitrogens is 3. The summed E-state index contributed by atoms with van der Waals surface area (Å²) in [6.45, 7) is 1.61. The number of hydrogen-bond acceptors (Lipinski definition) is 5. The molecule has 5 rings (SSSR count). The normalized spacial score (nSPS) is 12.6. The van der Waals surface area contributed by atoms with Crippen molar-refractivity contribution < 1.29 is 0 Å². The average molecular weight is 379 g/mol. The van der Waals surface area contributed by atoms with E-state index in [0.717, 1.165) is 41.6 Å². The molecule has 0 amide bonds. The molecule has 0 bridgehead atoms.